The van der Waals surface area contributed by atoms with Gasteiger partial charge in [0.1, 0.15) is 18.2 Å². The van der Waals surface area contributed by atoms with E-state index in [2.05, 4.69) is 5.32 Å². The Kier molecular flexibility index (Phi) is 4.77. The van der Waals surface area contributed by atoms with Gasteiger partial charge in [0.05, 0.1) is 6.54 Å². The fourth-order valence-electron chi connectivity index (χ4n) is 1.91. The molecule has 5 heteroatoms. The lowest BCUT2D eigenvalue weighted by molar-refractivity contribution is 0.0946. The molecule has 0 saturated carbocycles. The number of nitrogens with one attached hydrogen (secondary N) is 1. The van der Waals surface area contributed by atoms with Crippen LogP contribution in [0.2, 0.25) is 0 Å². The van der Waals surface area contributed by atoms with Crippen LogP contribution in [-0.4, -0.2) is 19.1 Å². The fraction of sp³-hybridized carbons (Fsp3) is 0.188. The maximum Gasteiger partial charge on any atom is 0.251 e. The second kappa shape index (κ2) is 6.74. The Labute approximate surface area is 122 Å². The minimum atomic E-state index is -0.420. The summed E-state index contributed by atoms with van der Waals surface area (Å²) in [7, 11) is 0. The third-order valence-corrected chi connectivity index (χ3v) is 2.82. The van der Waals surface area contributed by atoms with Crippen molar-refractivity contribution in [1.29, 1.82) is 0 Å². The van der Waals surface area contributed by atoms with Crippen LogP contribution in [0.15, 0.2) is 42.5 Å². The van der Waals surface area contributed by atoms with Crippen molar-refractivity contribution in [3.05, 3.63) is 59.4 Å². The summed E-state index contributed by atoms with van der Waals surface area (Å²) in [6.07, 6.45) is 0. The highest BCUT2D eigenvalue weighted by molar-refractivity contribution is 5.94. The molecule has 0 heterocycles. The van der Waals surface area contributed by atoms with Gasteiger partial charge in [0, 0.05) is 17.3 Å². The van der Waals surface area contributed by atoms with Gasteiger partial charge < -0.3 is 15.8 Å². The largest absolute Gasteiger partial charge is 0.492 e. The number of nitrogens with two attached hydrogens (primary N) is 1. The van der Waals surface area contributed by atoms with Crippen LogP contribution in [0.25, 0.3) is 0 Å². The van der Waals surface area contributed by atoms with Gasteiger partial charge in [-0.15, -0.1) is 0 Å². The van der Waals surface area contributed by atoms with Crippen molar-refractivity contribution in [2.24, 2.45) is 0 Å². The van der Waals surface area contributed by atoms with Gasteiger partial charge >= 0.3 is 0 Å². The Morgan fingerprint density at radius 1 is 1.29 bits per heavy atom. The Bertz CT molecular complexity index is 624. The SMILES string of the molecule is Cc1cc(F)cc(C(=O)NCCOc2cccc(N)c2)c1. The van der Waals surface area contributed by atoms with Crippen molar-refractivity contribution in [2.75, 3.05) is 18.9 Å². The maximum absolute atomic E-state index is 13.2. The number of ether oxygens (including phenoxy) is 1. The predicted octanol–water partition coefficient (Wildman–Crippen LogP) is 2.53. The second-order valence-electron chi connectivity index (χ2n) is 4.69. The van der Waals surface area contributed by atoms with Crippen LogP contribution in [0.3, 0.4) is 0 Å². The van der Waals surface area contributed by atoms with Crippen molar-refractivity contribution >= 4 is 11.6 Å². The zero-order chi connectivity index (χ0) is 15.2. The van der Waals surface area contributed by atoms with E-state index in [9.17, 15) is 9.18 Å². The molecule has 0 atom stereocenters. The molecule has 0 aliphatic rings. The first kappa shape index (κ1) is 14.8. The van der Waals surface area contributed by atoms with E-state index in [0.717, 1.165) is 0 Å². The standard InChI is InChI=1S/C16H17FN2O2/c1-11-7-12(9-13(17)8-11)16(20)19-5-6-21-15-4-2-3-14(18)10-15/h2-4,7-10H,5-6,18H2,1H3,(H,19,20). The molecule has 2 rings (SSSR count). The van der Waals surface area contributed by atoms with Gasteiger partial charge in [-0.25, -0.2) is 4.39 Å². The van der Waals surface area contributed by atoms with E-state index >= 15 is 0 Å². The Morgan fingerprint density at radius 2 is 2.10 bits per heavy atom. The van der Waals surface area contributed by atoms with E-state index in [1.54, 1.807) is 37.3 Å². The molecule has 0 bridgehead atoms. The summed E-state index contributed by atoms with van der Waals surface area (Å²) in [5.41, 5.74) is 7.25. The number of nitrogen functional groups attached to an aromatic ring is 1. The third-order valence-electron chi connectivity index (χ3n) is 2.82. The van der Waals surface area contributed by atoms with E-state index in [1.165, 1.54) is 12.1 Å². The first-order valence-electron chi connectivity index (χ1n) is 6.58. The van der Waals surface area contributed by atoms with Crippen LogP contribution in [-0.2, 0) is 0 Å². The summed E-state index contributed by atoms with van der Waals surface area (Å²) in [6.45, 7) is 2.37. The number of carbonyl (C=O) groups excluding carboxylic acids is 1. The molecule has 1 amide bonds. The van der Waals surface area contributed by atoms with Crippen molar-refractivity contribution < 1.29 is 13.9 Å². The number of carbonyl (C=O) groups is 1. The summed E-state index contributed by atoms with van der Waals surface area (Å²) in [5, 5.41) is 2.68. The van der Waals surface area contributed by atoms with Crippen LogP contribution in [0.1, 0.15) is 15.9 Å². The molecule has 0 radical (unpaired) electrons. The molecule has 0 spiro atoms. The molecular weight excluding hydrogens is 271 g/mol. The van der Waals surface area contributed by atoms with E-state index in [0.29, 0.717) is 35.7 Å². The monoisotopic (exact) mass is 288 g/mol. The highest BCUT2D eigenvalue weighted by Gasteiger charge is 2.07. The van der Waals surface area contributed by atoms with Crippen LogP contribution < -0.4 is 15.8 Å². The number of aryl methyl sites for hydroxylation is 1. The maximum atomic E-state index is 13.2. The molecule has 110 valence electrons. The molecule has 2 aromatic rings. The Hall–Kier alpha value is -2.56. The molecule has 0 aliphatic carbocycles. The summed E-state index contributed by atoms with van der Waals surface area (Å²) in [6, 6.07) is 11.3. The van der Waals surface area contributed by atoms with Gasteiger partial charge in [-0.2, -0.15) is 0 Å². The summed E-state index contributed by atoms with van der Waals surface area (Å²) in [5.74, 6) is -0.101. The van der Waals surface area contributed by atoms with Crippen LogP contribution in [0.5, 0.6) is 5.75 Å². The van der Waals surface area contributed by atoms with Gasteiger partial charge in [0.15, 0.2) is 0 Å². The summed E-state index contributed by atoms with van der Waals surface area (Å²) in [4.78, 5) is 11.9. The van der Waals surface area contributed by atoms with Crippen LogP contribution in [0, 0.1) is 12.7 Å². The molecule has 4 nitrogen and oxygen atoms in total. The number of benzene rings is 2. The van der Waals surface area contributed by atoms with E-state index in [-0.39, 0.29) is 5.91 Å². The Balaban J connectivity index is 1.82. The third kappa shape index (κ3) is 4.49. The summed E-state index contributed by atoms with van der Waals surface area (Å²) < 4.78 is 18.7. The molecule has 0 fully saturated rings. The smallest absolute Gasteiger partial charge is 0.251 e. The highest BCUT2D eigenvalue weighted by atomic mass is 19.1. The van der Waals surface area contributed by atoms with Crippen molar-refractivity contribution in [3.63, 3.8) is 0 Å². The molecule has 2 aromatic carbocycles. The molecule has 21 heavy (non-hydrogen) atoms. The van der Waals surface area contributed by atoms with Gasteiger partial charge in [0.2, 0.25) is 0 Å². The van der Waals surface area contributed by atoms with Crippen LogP contribution in [0.4, 0.5) is 10.1 Å². The minimum absolute atomic E-state index is 0.302. The number of halogens is 1. The van der Waals surface area contributed by atoms with E-state index in [1.807, 2.05) is 0 Å². The van der Waals surface area contributed by atoms with E-state index in [4.69, 9.17) is 10.5 Å². The lowest BCUT2D eigenvalue weighted by atomic mass is 10.1. The number of amides is 1. The van der Waals surface area contributed by atoms with E-state index < -0.39 is 5.82 Å². The average Bonchev–Trinajstić information content (AvgIpc) is 2.42. The zero-order valence-corrected chi connectivity index (χ0v) is 11.7. The first-order chi connectivity index (χ1) is 10.0. The zero-order valence-electron chi connectivity index (χ0n) is 11.7. The quantitative estimate of drug-likeness (QED) is 0.656. The summed E-state index contributed by atoms with van der Waals surface area (Å²) >= 11 is 0. The molecule has 0 aromatic heterocycles. The minimum Gasteiger partial charge on any atom is -0.492 e. The number of hydrogen-bond donors (Lipinski definition) is 2. The van der Waals surface area contributed by atoms with Crippen LogP contribution >= 0.6 is 0 Å². The predicted molar refractivity (Wildman–Crippen MR) is 79.8 cm³/mol. The van der Waals surface area contributed by atoms with Gasteiger partial charge in [-0.05, 0) is 42.8 Å². The number of hydrogen-bond acceptors (Lipinski definition) is 3. The number of anilines is 1. The fourth-order valence-corrected chi connectivity index (χ4v) is 1.91. The average molecular weight is 288 g/mol. The van der Waals surface area contributed by atoms with Crippen molar-refractivity contribution in [2.45, 2.75) is 6.92 Å². The lowest BCUT2D eigenvalue weighted by Crippen LogP contribution is -2.28. The Morgan fingerprint density at radius 3 is 2.81 bits per heavy atom. The molecule has 3 N–H and O–H groups in total. The molecule has 0 saturated heterocycles. The number of rotatable bonds is 5. The first-order valence-corrected chi connectivity index (χ1v) is 6.58. The van der Waals surface area contributed by atoms with Gasteiger partial charge in [-0.3, -0.25) is 4.79 Å². The lowest BCUT2D eigenvalue weighted by Gasteiger charge is -2.08. The second-order valence-corrected chi connectivity index (χ2v) is 4.69. The highest BCUT2D eigenvalue weighted by Crippen LogP contribution is 2.14. The topological polar surface area (TPSA) is 64.3 Å². The van der Waals surface area contributed by atoms with Crippen molar-refractivity contribution in [3.8, 4) is 5.75 Å². The van der Waals surface area contributed by atoms with Crippen molar-refractivity contribution in [1.82, 2.24) is 5.32 Å². The normalized spacial score (nSPS) is 10.2. The molecular formula is C16H17FN2O2. The van der Waals surface area contributed by atoms with Gasteiger partial charge in [0.25, 0.3) is 5.91 Å². The molecule has 0 unspecified atom stereocenters. The van der Waals surface area contributed by atoms with Gasteiger partial charge in [-0.1, -0.05) is 6.07 Å². The molecule has 0 aliphatic heterocycles.